The van der Waals surface area contributed by atoms with Crippen molar-refractivity contribution in [1.82, 2.24) is 9.78 Å². The first kappa shape index (κ1) is 14.4. The minimum Gasteiger partial charge on any atom is -0.322 e. The zero-order chi connectivity index (χ0) is 15.4. The third-order valence-electron chi connectivity index (χ3n) is 3.28. The number of anilines is 1. The molecule has 0 saturated heterocycles. The van der Waals surface area contributed by atoms with Crippen LogP contribution in [0.25, 0.3) is 0 Å². The summed E-state index contributed by atoms with van der Waals surface area (Å²) in [6, 6.07) is 16.5. The van der Waals surface area contributed by atoms with E-state index in [0.29, 0.717) is 17.1 Å². The summed E-state index contributed by atoms with van der Waals surface area (Å²) >= 11 is 6.07. The second-order valence-corrected chi connectivity index (χ2v) is 5.20. The van der Waals surface area contributed by atoms with Crippen molar-refractivity contribution in [2.24, 2.45) is 0 Å². The molecule has 3 rings (SSSR count). The van der Waals surface area contributed by atoms with Gasteiger partial charge in [0.05, 0.1) is 17.1 Å². The minimum atomic E-state index is -0.224. The monoisotopic (exact) mass is 311 g/mol. The molecule has 0 aliphatic rings. The number of nitrogens with one attached hydrogen (secondary N) is 1. The lowest BCUT2D eigenvalue weighted by Crippen LogP contribution is -2.14. The zero-order valence-corrected chi connectivity index (χ0v) is 12.5. The van der Waals surface area contributed by atoms with Gasteiger partial charge in [-0.1, -0.05) is 41.9 Å². The molecule has 1 aromatic heterocycles. The van der Waals surface area contributed by atoms with Crippen LogP contribution in [0.3, 0.4) is 0 Å². The van der Waals surface area contributed by atoms with Crippen molar-refractivity contribution in [2.75, 3.05) is 5.32 Å². The lowest BCUT2D eigenvalue weighted by atomic mass is 10.1. The van der Waals surface area contributed by atoms with Gasteiger partial charge in [-0.05, 0) is 29.8 Å². The highest BCUT2D eigenvalue weighted by atomic mass is 35.5. The van der Waals surface area contributed by atoms with Gasteiger partial charge < -0.3 is 5.32 Å². The number of aromatic nitrogens is 2. The average Bonchev–Trinajstić information content (AvgIpc) is 3.02. The molecule has 1 N–H and O–H groups in total. The third kappa shape index (κ3) is 3.18. The molecule has 0 radical (unpaired) electrons. The van der Waals surface area contributed by atoms with Crippen molar-refractivity contribution in [3.8, 4) is 0 Å². The fourth-order valence-corrected chi connectivity index (χ4v) is 2.41. The number of hydrogen-bond donors (Lipinski definition) is 1. The Labute approximate surface area is 133 Å². The van der Waals surface area contributed by atoms with E-state index in [1.807, 2.05) is 36.5 Å². The minimum absolute atomic E-state index is 0.224. The molecule has 2 aromatic carbocycles. The predicted molar refractivity (Wildman–Crippen MR) is 87.2 cm³/mol. The van der Waals surface area contributed by atoms with E-state index >= 15 is 0 Å². The van der Waals surface area contributed by atoms with E-state index in [1.165, 1.54) is 0 Å². The van der Waals surface area contributed by atoms with Gasteiger partial charge >= 0.3 is 0 Å². The summed E-state index contributed by atoms with van der Waals surface area (Å²) in [5.41, 5.74) is 2.19. The summed E-state index contributed by atoms with van der Waals surface area (Å²) < 4.78 is 1.81. The van der Waals surface area contributed by atoms with Gasteiger partial charge in [0, 0.05) is 18.1 Å². The Hall–Kier alpha value is -2.59. The lowest BCUT2D eigenvalue weighted by molar-refractivity contribution is 0.102. The zero-order valence-electron chi connectivity index (χ0n) is 11.7. The number of benzene rings is 2. The first-order valence-electron chi connectivity index (χ1n) is 6.85. The molecule has 0 aliphatic heterocycles. The van der Waals surface area contributed by atoms with Gasteiger partial charge in [0.1, 0.15) is 0 Å². The quantitative estimate of drug-likeness (QED) is 0.796. The Morgan fingerprint density at radius 1 is 1.09 bits per heavy atom. The summed E-state index contributed by atoms with van der Waals surface area (Å²) in [5, 5.41) is 7.54. The fraction of sp³-hybridized carbons (Fsp3) is 0.0588. The van der Waals surface area contributed by atoms with Crippen molar-refractivity contribution in [3.05, 3.63) is 83.1 Å². The number of rotatable bonds is 4. The number of hydrogen-bond acceptors (Lipinski definition) is 2. The summed E-state index contributed by atoms with van der Waals surface area (Å²) in [6.45, 7) is 0.589. The topological polar surface area (TPSA) is 46.9 Å². The van der Waals surface area contributed by atoms with Crippen LogP contribution in [-0.2, 0) is 6.54 Å². The van der Waals surface area contributed by atoms with Gasteiger partial charge in [-0.2, -0.15) is 5.10 Å². The van der Waals surface area contributed by atoms with E-state index in [4.69, 9.17) is 11.6 Å². The van der Waals surface area contributed by atoms with Crippen molar-refractivity contribution >= 4 is 23.2 Å². The number of para-hydroxylation sites is 1. The highest BCUT2D eigenvalue weighted by Gasteiger charge is 2.12. The van der Waals surface area contributed by atoms with Crippen molar-refractivity contribution in [2.45, 2.75) is 6.54 Å². The summed E-state index contributed by atoms with van der Waals surface area (Å²) in [5.74, 6) is -0.224. The van der Waals surface area contributed by atoms with Crippen LogP contribution < -0.4 is 5.32 Å². The second kappa shape index (κ2) is 6.45. The predicted octanol–water partition coefficient (Wildman–Crippen LogP) is 3.84. The van der Waals surface area contributed by atoms with Crippen LogP contribution in [-0.4, -0.2) is 15.7 Å². The van der Waals surface area contributed by atoms with Gasteiger partial charge in [0.25, 0.3) is 5.91 Å². The van der Waals surface area contributed by atoms with E-state index in [9.17, 15) is 4.79 Å². The molecule has 22 heavy (non-hydrogen) atoms. The van der Waals surface area contributed by atoms with Crippen LogP contribution in [0.4, 0.5) is 5.69 Å². The molecule has 0 unspecified atom stereocenters. The molecule has 0 bridgehead atoms. The Bertz CT molecular complexity index is 784. The van der Waals surface area contributed by atoms with E-state index in [1.54, 1.807) is 35.1 Å². The SMILES string of the molecule is O=C(Nc1ccccc1Cn1cccn1)c1ccccc1Cl. The van der Waals surface area contributed by atoms with Crippen LogP contribution in [0.2, 0.25) is 5.02 Å². The van der Waals surface area contributed by atoms with Gasteiger partial charge in [0.15, 0.2) is 0 Å². The second-order valence-electron chi connectivity index (χ2n) is 4.79. The molecule has 0 spiro atoms. The van der Waals surface area contributed by atoms with E-state index in [2.05, 4.69) is 10.4 Å². The summed E-state index contributed by atoms with van der Waals surface area (Å²) in [7, 11) is 0. The highest BCUT2D eigenvalue weighted by Crippen LogP contribution is 2.20. The Kier molecular flexibility index (Phi) is 4.21. The molecule has 110 valence electrons. The summed E-state index contributed by atoms with van der Waals surface area (Å²) in [4.78, 5) is 12.4. The average molecular weight is 312 g/mol. The Morgan fingerprint density at radius 3 is 2.64 bits per heavy atom. The molecule has 0 saturated carbocycles. The first-order chi connectivity index (χ1) is 10.7. The molecule has 1 amide bonds. The normalized spacial score (nSPS) is 10.4. The van der Waals surface area contributed by atoms with Crippen LogP contribution in [0.15, 0.2) is 67.0 Å². The molecule has 0 atom stereocenters. The van der Waals surface area contributed by atoms with E-state index < -0.39 is 0 Å². The maximum absolute atomic E-state index is 12.4. The van der Waals surface area contributed by atoms with Crippen LogP contribution in [0.5, 0.6) is 0 Å². The molecule has 3 aromatic rings. The van der Waals surface area contributed by atoms with Crippen LogP contribution in [0.1, 0.15) is 15.9 Å². The number of halogens is 1. The molecular weight excluding hydrogens is 298 g/mol. The molecule has 4 nitrogen and oxygen atoms in total. The number of carbonyl (C=O) groups excluding carboxylic acids is 1. The van der Waals surface area contributed by atoms with E-state index in [0.717, 1.165) is 11.3 Å². The molecular formula is C17H14ClN3O. The number of amides is 1. The summed E-state index contributed by atoms with van der Waals surface area (Å²) in [6.07, 6.45) is 3.61. The van der Waals surface area contributed by atoms with Gasteiger partial charge in [0.2, 0.25) is 0 Å². The smallest absolute Gasteiger partial charge is 0.257 e. The number of carbonyl (C=O) groups is 1. The maximum atomic E-state index is 12.4. The molecule has 1 heterocycles. The standard InChI is InChI=1S/C17H14ClN3O/c18-15-8-3-2-7-14(15)17(22)20-16-9-4-1-6-13(16)12-21-11-5-10-19-21/h1-11H,12H2,(H,20,22). The van der Waals surface area contributed by atoms with Crippen molar-refractivity contribution < 1.29 is 4.79 Å². The molecule has 5 heteroatoms. The van der Waals surface area contributed by atoms with Crippen molar-refractivity contribution in [1.29, 1.82) is 0 Å². The fourth-order valence-electron chi connectivity index (χ4n) is 2.18. The maximum Gasteiger partial charge on any atom is 0.257 e. The third-order valence-corrected chi connectivity index (χ3v) is 3.61. The number of nitrogens with zero attached hydrogens (tertiary/aromatic N) is 2. The van der Waals surface area contributed by atoms with E-state index in [-0.39, 0.29) is 5.91 Å². The van der Waals surface area contributed by atoms with Gasteiger partial charge in [-0.25, -0.2) is 0 Å². The highest BCUT2D eigenvalue weighted by molar-refractivity contribution is 6.34. The Morgan fingerprint density at radius 2 is 1.86 bits per heavy atom. The van der Waals surface area contributed by atoms with Crippen molar-refractivity contribution in [3.63, 3.8) is 0 Å². The van der Waals surface area contributed by atoms with Gasteiger partial charge in [-0.3, -0.25) is 9.48 Å². The van der Waals surface area contributed by atoms with Gasteiger partial charge in [-0.15, -0.1) is 0 Å². The van der Waals surface area contributed by atoms with Crippen LogP contribution in [0, 0.1) is 0 Å². The molecule has 0 fully saturated rings. The molecule has 0 aliphatic carbocycles. The largest absolute Gasteiger partial charge is 0.322 e. The lowest BCUT2D eigenvalue weighted by Gasteiger charge is -2.12. The van der Waals surface area contributed by atoms with Crippen LogP contribution >= 0.6 is 11.6 Å². The Balaban J connectivity index is 1.83. The first-order valence-corrected chi connectivity index (χ1v) is 7.23.